The first-order chi connectivity index (χ1) is 43.0. The van der Waals surface area contributed by atoms with Crippen LogP contribution in [-0.4, -0.2) is 47.4 Å². The first-order valence-corrected chi connectivity index (χ1v) is 39.7. The van der Waals surface area contributed by atoms with Gasteiger partial charge in [-0.05, 0) is 83.5 Å². The number of hydrogen-bond acceptors (Lipinski definition) is 5. The number of amides is 1. The van der Waals surface area contributed by atoms with Gasteiger partial charge in [-0.3, -0.25) is 9.59 Å². The van der Waals surface area contributed by atoms with E-state index in [1.807, 2.05) is 0 Å². The fourth-order valence-corrected chi connectivity index (χ4v) is 12.6. The zero-order chi connectivity index (χ0) is 62.8. The SMILES string of the molecule is CCCCC/C=C\C/C=C\CCCCCCCCCC(=O)OCCCCCCCCCCCCCCCCCC/C=C\CCCCCCCCCCCCCCCCCCCC(=O)NC(CO)C(O)CCCCCCCCCCCCCCCCCC. The molecule has 3 N–H and O–H groups in total. The highest BCUT2D eigenvalue weighted by atomic mass is 16.5. The third-order valence-electron chi connectivity index (χ3n) is 18.7. The summed E-state index contributed by atoms with van der Waals surface area (Å²) in [6.45, 7) is 4.97. The van der Waals surface area contributed by atoms with Crippen LogP contribution in [0.1, 0.15) is 444 Å². The highest BCUT2D eigenvalue weighted by Gasteiger charge is 2.20. The number of allylic oxidation sites excluding steroid dienone is 6. The van der Waals surface area contributed by atoms with Crippen molar-refractivity contribution in [3.63, 3.8) is 0 Å². The van der Waals surface area contributed by atoms with Crippen LogP contribution in [0.5, 0.6) is 0 Å². The zero-order valence-electron chi connectivity index (χ0n) is 59.0. The van der Waals surface area contributed by atoms with Gasteiger partial charge < -0.3 is 20.3 Å². The van der Waals surface area contributed by atoms with Crippen molar-refractivity contribution in [1.82, 2.24) is 5.32 Å². The maximum Gasteiger partial charge on any atom is 0.305 e. The van der Waals surface area contributed by atoms with Crippen LogP contribution in [0.2, 0.25) is 0 Å². The van der Waals surface area contributed by atoms with E-state index in [1.54, 1.807) is 0 Å². The molecule has 0 aromatic heterocycles. The highest BCUT2D eigenvalue weighted by Crippen LogP contribution is 2.20. The van der Waals surface area contributed by atoms with Crippen LogP contribution < -0.4 is 5.32 Å². The second kappa shape index (κ2) is 76.5. The topological polar surface area (TPSA) is 95.9 Å². The van der Waals surface area contributed by atoms with E-state index < -0.39 is 12.1 Å². The van der Waals surface area contributed by atoms with Crippen molar-refractivity contribution in [1.29, 1.82) is 0 Å². The number of ether oxygens (including phenoxy) is 1. The molecule has 0 rings (SSSR count). The summed E-state index contributed by atoms with van der Waals surface area (Å²) in [6, 6.07) is -0.538. The van der Waals surface area contributed by atoms with Gasteiger partial charge in [0.25, 0.3) is 0 Å². The minimum atomic E-state index is -0.661. The predicted molar refractivity (Wildman–Crippen MR) is 384 cm³/mol. The van der Waals surface area contributed by atoms with E-state index in [9.17, 15) is 19.8 Å². The van der Waals surface area contributed by atoms with Crippen LogP contribution >= 0.6 is 0 Å². The third-order valence-corrected chi connectivity index (χ3v) is 18.7. The molecule has 0 radical (unpaired) electrons. The molecule has 0 saturated heterocycles. The molecular formula is C81H155NO5. The zero-order valence-corrected chi connectivity index (χ0v) is 59.0. The molecule has 2 unspecified atom stereocenters. The highest BCUT2D eigenvalue weighted by molar-refractivity contribution is 5.76. The Hall–Kier alpha value is -1.92. The lowest BCUT2D eigenvalue weighted by Crippen LogP contribution is -2.45. The molecule has 0 aromatic carbocycles. The average molecular weight is 1220 g/mol. The maximum absolute atomic E-state index is 12.5. The largest absolute Gasteiger partial charge is 0.466 e. The fourth-order valence-electron chi connectivity index (χ4n) is 12.6. The summed E-state index contributed by atoms with van der Waals surface area (Å²) in [7, 11) is 0. The summed E-state index contributed by atoms with van der Waals surface area (Å²) in [4.78, 5) is 24.6. The minimum Gasteiger partial charge on any atom is -0.466 e. The number of aliphatic hydroxyl groups excluding tert-OH is 2. The van der Waals surface area contributed by atoms with E-state index in [0.717, 1.165) is 51.4 Å². The molecule has 1 amide bonds. The van der Waals surface area contributed by atoms with Gasteiger partial charge in [-0.15, -0.1) is 0 Å². The molecule has 0 aliphatic carbocycles. The van der Waals surface area contributed by atoms with Gasteiger partial charge in [0, 0.05) is 12.8 Å². The lowest BCUT2D eigenvalue weighted by Gasteiger charge is -2.22. The van der Waals surface area contributed by atoms with E-state index >= 15 is 0 Å². The van der Waals surface area contributed by atoms with Gasteiger partial charge in [-0.25, -0.2) is 0 Å². The normalized spacial score (nSPS) is 12.6. The Labute approximate surface area is 544 Å². The lowest BCUT2D eigenvalue weighted by molar-refractivity contribution is -0.143. The molecule has 6 nitrogen and oxygen atoms in total. The van der Waals surface area contributed by atoms with Crippen LogP contribution in [0.3, 0.4) is 0 Å². The number of esters is 1. The predicted octanol–water partition coefficient (Wildman–Crippen LogP) is 26.2. The second-order valence-electron chi connectivity index (χ2n) is 27.4. The van der Waals surface area contributed by atoms with Crippen LogP contribution in [-0.2, 0) is 14.3 Å². The molecule has 0 aliphatic rings. The summed E-state index contributed by atoms with van der Waals surface area (Å²) in [5.74, 6) is -0.0130. The number of rotatable bonds is 75. The molecule has 6 heteroatoms. The molecule has 0 heterocycles. The fraction of sp³-hybridized carbons (Fsp3) is 0.901. The van der Waals surface area contributed by atoms with E-state index in [1.165, 1.54) is 360 Å². The Kier molecular flexibility index (Phi) is 74.8. The summed E-state index contributed by atoms with van der Waals surface area (Å²) >= 11 is 0. The van der Waals surface area contributed by atoms with Gasteiger partial charge in [-0.1, -0.05) is 384 Å². The summed E-state index contributed by atoms with van der Waals surface area (Å²) in [5, 5.41) is 23.4. The molecular weight excluding hydrogens is 1070 g/mol. The van der Waals surface area contributed by atoms with Crippen molar-refractivity contribution < 1.29 is 24.5 Å². The number of carbonyl (C=O) groups is 2. The number of unbranched alkanes of at least 4 members (excludes halogenated alkanes) is 58. The monoisotopic (exact) mass is 1220 g/mol. The van der Waals surface area contributed by atoms with E-state index in [-0.39, 0.29) is 18.5 Å². The van der Waals surface area contributed by atoms with Crippen molar-refractivity contribution in [3.05, 3.63) is 36.5 Å². The Bertz CT molecular complexity index is 1410. The van der Waals surface area contributed by atoms with Crippen LogP contribution in [0.15, 0.2) is 36.5 Å². The molecule has 0 aromatic rings. The van der Waals surface area contributed by atoms with Crippen LogP contribution in [0, 0.1) is 0 Å². The number of nitrogens with one attached hydrogen (secondary N) is 1. The van der Waals surface area contributed by atoms with Gasteiger partial charge in [0.05, 0.1) is 25.4 Å². The van der Waals surface area contributed by atoms with Crippen molar-refractivity contribution in [2.75, 3.05) is 13.2 Å². The van der Waals surface area contributed by atoms with Crippen molar-refractivity contribution >= 4 is 11.9 Å². The van der Waals surface area contributed by atoms with E-state index in [4.69, 9.17) is 4.74 Å². The third kappa shape index (κ3) is 73.0. The van der Waals surface area contributed by atoms with E-state index in [0.29, 0.717) is 25.9 Å². The van der Waals surface area contributed by atoms with Gasteiger partial charge in [0.1, 0.15) is 0 Å². The average Bonchev–Trinajstić information content (AvgIpc) is 3.52. The lowest BCUT2D eigenvalue weighted by atomic mass is 10.0. The summed E-state index contributed by atoms with van der Waals surface area (Å²) in [6.07, 6.45) is 99.6. The molecule has 2 atom stereocenters. The molecule has 0 bridgehead atoms. The molecule has 514 valence electrons. The van der Waals surface area contributed by atoms with Crippen molar-refractivity contribution in [2.24, 2.45) is 0 Å². The van der Waals surface area contributed by atoms with Crippen LogP contribution in [0.4, 0.5) is 0 Å². The molecule has 0 saturated carbocycles. The molecule has 0 spiro atoms. The maximum atomic E-state index is 12.5. The van der Waals surface area contributed by atoms with Crippen molar-refractivity contribution in [2.45, 2.75) is 456 Å². The molecule has 0 aliphatic heterocycles. The summed E-state index contributed by atoms with van der Waals surface area (Å²) in [5.41, 5.74) is 0. The Balaban J connectivity index is 3.32. The minimum absolute atomic E-state index is 0.0143. The quantitative estimate of drug-likeness (QED) is 0.0320. The smallest absolute Gasteiger partial charge is 0.305 e. The van der Waals surface area contributed by atoms with Crippen molar-refractivity contribution in [3.8, 4) is 0 Å². The van der Waals surface area contributed by atoms with Gasteiger partial charge >= 0.3 is 5.97 Å². The second-order valence-corrected chi connectivity index (χ2v) is 27.4. The first kappa shape index (κ1) is 85.1. The Morgan fingerprint density at radius 3 is 0.908 bits per heavy atom. The van der Waals surface area contributed by atoms with Gasteiger partial charge in [0.15, 0.2) is 0 Å². The standard InChI is InChI=1S/C81H155NO5/c1-3-5-7-9-11-13-15-17-19-42-47-51-55-59-63-67-71-75-81(86)87-76-72-68-64-60-56-52-48-44-41-39-37-35-33-31-29-27-25-23-21-22-24-26-28-30-32-34-36-38-40-43-46-50-54-58-62-66-70-74-80(85)82-78(77-83)79(84)73-69-65-61-57-53-49-45-20-18-16-14-12-10-8-6-4-2/h11,13,17,19,21,23,78-79,83-84H,3-10,12,14-16,18,20,22,24-77H2,1-2H3,(H,82,85)/b13-11-,19-17-,23-21-. The first-order valence-electron chi connectivity index (χ1n) is 39.7. The Morgan fingerprint density at radius 1 is 0.322 bits per heavy atom. The van der Waals surface area contributed by atoms with Crippen LogP contribution in [0.25, 0.3) is 0 Å². The Morgan fingerprint density at radius 2 is 0.575 bits per heavy atom. The number of aliphatic hydroxyl groups is 2. The van der Waals surface area contributed by atoms with E-state index in [2.05, 4.69) is 55.6 Å². The summed E-state index contributed by atoms with van der Waals surface area (Å²) < 4.78 is 5.51. The molecule has 87 heavy (non-hydrogen) atoms. The number of hydrogen-bond donors (Lipinski definition) is 3. The van der Waals surface area contributed by atoms with Gasteiger partial charge in [0.2, 0.25) is 5.91 Å². The van der Waals surface area contributed by atoms with Gasteiger partial charge in [-0.2, -0.15) is 0 Å². The molecule has 0 fully saturated rings. The number of carbonyl (C=O) groups excluding carboxylic acids is 2.